The molecule has 0 saturated carbocycles. The smallest absolute Gasteiger partial charge is 0.229 e. The molecule has 2 aromatic rings. The molecular weight excluding hydrogens is 336 g/mol. The largest absolute Gasteiger partial charge is 0.325 e. The van der Waals surface area contributed by atoms with Gasteiger partial charge >= 0.3 is 0 Å². The molecule has 1 atom stereocenters. The molecule has 0 aliphatic carbocycles. The van der Waals surface area contributed by atoms with Gasteiger partial charge in [-0.05, 0) is 61.1 Å². The summed E-state index contributed by atoms with van der Waals surface area (Å²) in [6.45, 7) is 8.70. The van der Waals surface area contributed by atoms with E-state index in [1.54, 1.807) is 4.90 Å². The Labute approximate surface area is 161 Å². The van der Waals surface area contributed by atoms with Crippen LogP contribution in [-0.4, -0.2) is 18.4 Å². The van der Waals surface area contributed by atoms with E-state index < -0.39 is 0 Å². The fourth-order valence-corrected chi connectivity index (χ4v) is 3.65. The van der Waals surface area contributed by atoms with E-state index >= 15 is 0 Å². The number of nitrogens with one attached hydrogen (secondary N) is 1. The Morgan fingerprint density at radius 1 is 1.07 bits per heavy atom. The molecule has 0 spiro atoms. The molecule has 4 heteroatoms. The van der Waals surface area contributed by atoms with E-state index in [-0.39, 0.29) is 24.2 Å². The molecule has 0 aromatic heterocycles. The zero-order valence-corrected chi connectivity index (χ0v) is 16.6. The van der Waals surface area contributed by atoms with Crippen molar-refractivity contribution in [2.24, 2.45) is 5.92 Å². The first-order valence-electron chi connectivity index (χ1n) is 9.73. The van der Waals surface area contributed by atoms with E-state index in [0.717, 1.165) is 40.9 Å². The number of para-hydroxylation sites is 1. The molecule has 3 rings (SSSR count). The van der Waals surface area contributed by atoms with E-state index in [4.69, 9.17) is 0 Å². The number of benzene rings is 2. The van der Waals surface area contributed by atoms with Gasteiger partial charge in [0.2, 0.25) is 11.8 Å². The van der Waals surface area contributed by atoms with Crippen LogP contribution in [0.2, 0.25) is 0 Å². The summed E-state index contributed by atoms with van der Waals surface area (Å²) in [5, 5.41) is 3.12. The molecule has 1 N–H and O–H groups in total. The first-order chi connectivity index (χ1) is 12.9. The highest BCUT2D eigenvalue weighted by Crippen LogP contribution is 2.29. The average Bonchev–Trinajstić information content (AvgIpc) is 3.06. The van der Waals surface area contributed by atoms with Gasteiger partial charge in [0, 0.05) is 24.3 Å². The van der Waals surface area contributed by atoms with Crippen LogP contribution in [0.25, 0.3) is 0 Å². The minimum absolute atomic E-state index is 0.0119. The normalized spacial score (nSPS) is 16.7. The summed E-state index contributed by atoms with van der Waals surface area (Å²) in [6.07, 6.45) is 1.98. The molecule has 1 heterocycles. The van der Waals surface area contributed by atoms with E-state index in [1.165, 1.54) is 5.56 Å². The lowest BCUT2D eigenvalue weighted by Crippen LogP contribution is -2.28. The molecule has 0 unspecified atom stereocenters. The summed E-state index contributed by atoms with van der Waals surface area (Å²) in [5.41, 5.74) is 6.42. The molecule has 4 nitrogen and oxygen atoms in total. The van der Waals surface area contributed by atoms with Crippen LogP contribution in [0.5, 0.6) is 0 Å². The monoisotopic (exact) mass is 364 g/mol. The van der Waals surface area contributed by atoms with E-state index in [0.29, 0.717) is 6.54 Å². The molecular formula is C23H28N2O2. The Hall–Kier alpha value is -2.62. The lowest BCUT2D eigenvalue weighted by Gasteiger charge is -2.19. The van der Waals surface area contributed by atoms with Gasteiger partial charge in [0.1, 0.15) is 0 Å². The first-order valence-corrected chi connectivity index (χ1v) is 9.73. The number of rotatable bonds is 5. The minimum atomic E-state index is -0.325. The second-order valence-electron chi connectivity index (χ2n) is 7.32. The number of carbonyl (C=O) groups is 2. The zero-order valence-electron chi connectivity index (χ0n) is 16.6. The average molecular weight is 364 g/mol. The second kappa shape index (κ2) is 7.95. The van der Waals surface area contributed by atoms with Crippen molar-refractivity contribution in [3.8, 4) is 0 Å². The first kappa shape index (κ1) is 19.2. The Morgan fingerprint density at radius 2 is 1.74 bits per heavy atom. The van der Waals surface area contributed by atoms with Gasteiger partial charge in [-0.2, -0.15) is 0 Å². The number of hydrogen-bond acceptors (Lipinski definition) is 2. The molecule has 0 radical (unpaired) electrons. The van der Waals surface area contributed by atoms with Crippen LogP contribution in [0.15, 0.2) is 36.4 Å². The van der Waals surface area contributed by atoms with Crippen LogP contribution in [-0.2, 0) is 22.4 Å². The summed E-state index contributed by atoms with van der Waals surface area (Å²) in [6, 6.07) is 12.1. The summed E-state index contributed by atoms with van der Waals surface area (Å²) in [7, 11) is 0. The van der Waals surface area contributed by atoms with Crippen molar-refractivity contribution >= 4 is 23.2 Å². The van der Waals surface area contributed by atoms with Crippen molar-refractivity contribution < 1.29 is 9.59 Å². The van der Waals surface area contributed by atoms with Gasteiger partial charge in [-0.3, -0.25) is 9.59 Å². The Bertz CT molecular complexity index is 850. The van der Waals surface area contributed by atoms with Gasteiger partial charge in [0.25, 0.3) is 0 Å². The van der Waals surface area contributed by atoms with E-state index in [1.807, 2.05) is 31.2 Å². The molecule has 2 aromatic carbocycles. The maximum Gasteiger partial charge on any atom is 0.229 e. The van der Waals surface area contributed by atoms with Crippen molar-refractivity contribution in [2.45, 2.75) is 47.0 Å². The lowest BCUT2D eigenvalue weighted by molar-refractivity contribution is -0.122. The third kappa shape index (κ3) is 3.90. The van der Waals surface area contributed by atoms with E-state index in [9.17, 15) is 9.59 Å². The molecule has 2 amide bonds. The zero-order chi connectivity index (χ0) is 19.6. The maximum absolute atomic E-state index is 12.9. The van der Waals surface area contributed by atoms with Gasteiger partial charge in [0.15, 0.2) is 0 Å². The van der Waals surface area contributed by atoms with Crippen molar-refractivity contribution in [3.63, 3.8) is 0 Å². The van der Waals surface area contributed by atoms with Crippen LogP contribution >= 0.6 is 0 Å². The number of carbonyl (C=O) groups excluding carboxylic acids is 2. The van der Waals surface area contributed by atoms with Crippen LogP contribution in [0.4, 0.5) is 11.4 Å². The third-order valence-corrected chi connectivity index (χ3v) is 5.55. The van der Waals surface area contributed by atoms with Gasteiger partial charge in [-0.15, -0.1) is 0 Å². The molecule has 1 aliphatic heterocycles. The van der Waals surface area contributed by atoms with Crippen LogP contribution in [0, 0.1) is 19.8 Å². The molecule has 0 bridgehead atoms. The number of nitrogens with zero attached hydrogens (tertiary/aromatic N) is 1. The highest BCUT2D eigenvalue weighted by Gasteiger charge is 2.35. The van der Waals surface area contributed by atoms with Crippen LogP contribution in [0.3, 0.4) is 0 Å². The molecule has 1 saturated heterocycles. The number of aryl methyl sites for hydroxylation is 4. The van der Waals surface area contributed by atoms with Gasteiger partial charge < -0.3 is 10.2 Å². The van der Waals surface area contributed by atoms with Crippen LogP contribution in [0.1, 0.15) is 42.5 Å². The van der Waals surface area contributed by atoms with Crippen molar-refractivity contribution in [2.75, 3.05) is 16.8 Å². The van der Waals surface area contributed by atoms with E-state index in [2.05, 4.69) is 38.2 Å². The van der Waals surface area contributed by atoms with Crippen molar-refractivity contribution in [1.29, 1.82) is 0 Å². The summed E-state index contributed by atoms with van der Waals surface area (Å²) in [4.78, 5) is 27.2. The minimum Gasteiger partial charge on any atom is -0.325 e. The lowest BCUT2D eigenvalue weighted by atomic mass is 10.0. The highest BCUT2D eigenvalue weighted by atomic mass is 16.2. The summed E-state index contributed by atoms with van der Waals surface area (Å²) in [5.74, 6) is -0.378. The maximum atomic E-state index is 12.9. The Morgan fingerprint density at radius 3 is 2.33 bits per heavy atom. The molecule has 1 fully saturated rings. The predicted octanol–water partition coefficient (Wildman–Crippen LogP) is 4.42. The van der Waals surface area contributed by atoms with Crippen molar-refractivity contribution in [1.82, 2.24) is 0 Å². The summed E-state index contributed by atoms with van der Waals surface area (Å²) < 4.78 is 0. The third-order valence-electron chi connectivity index (χ3n) is 5.55. The SMILES string of the molecule is CCc1cccc(CC)c1NC(=O)[C@@H]1CC(=O)N(c2ccc(C)c(C)c2)C1. The molecule has 27 heavy (non-hydrogen) atoms. The number of anilines is 2. The van der Waals surface area contributed by atoms with Crippen molar-refractivity contribution in [3.05, 3.63) is 58.7 Å². The summed E-state index contributed by atoms with van der Waals surface area (Å²) >= 11 is 0. The topological polar surface area (TPSA) is 49.4 Å². The van der Waals surface area contributed by atoms with Gasteiger partial charge in [-0.25, -0.2) is 0 Å². The Kier molecular flexibility index (Phi) is 5.64. The number of hydrogen-bond donors (Lipinski definition) is 1. The quantitative estimate of drug-likeness (QED) is 0.854. The van der Waals surface area contributed by atoms with Gasteiger partial charge in [0.05, 0.1) is 5.92 Å². The van der Waals surface area contributed by atoms with Gasteiger partial charge in [-0.1, -0.05) is 38.1 Å². The number of amides is 2. The van der Waals surface area contributed by atoms with Crippen LogP contribution < -0.4 is 10.2 Å². The predicted molar refractivity (Wildman–Crippen MR) is 110 cm³/mol. The Balaban J connectivity index is 1.78. The standard InChI is InChI=1S/C23H28N2O2/c1-5-17-8-7-9-18(6-2)22(17)24-23(27)19-13-21(26)25(14-19)20-11-10-15(3)16(4)12-20/h7-12,19H,5-6,13-14H2,1-4H3,(H,24,27)/t19-/m1/s1. The highest BCUT2D eigenvalue weighted by molar-refractivity contribution is 6.04. The second-order valence-corrected chi connectivity index (χ2v) is 7.32. The molecule has 1 aliphatic rings. The molecule has 142 valence electrons. The fraction of sp³-hybridized carbons (Fsp3) is 0.391. The fourth-order valence-electron chi connectivity index (χ4n) is 3.65.